The van der Waals surface area contributed by atoms with Crippen LogP contribution in [0.2, 0.25) is 0 Å². The van der Waals surface area contributed by atoms with Crippen LogP contribution in [0.3, 0.4) is 0 Å². The van der Waals surface area contributed by atoms with Crippen LogP contribution in [0.4, 0.5) is 5.69 Å². The molecular weight excluding hydrogens is 464 g/mol. The van der Waals surface area contributed by atoms with Crippen LogP contribution in [0, 0.1) is 6.92 Å². The highest BCUT2D eigenvalue weighted by Gasteiger charge is 2.40. The van der Waals surface area contributed by atoms with E-state index in [2.05, 4.69) is 11.1 Å². The van der Waals surface area contributed by atoms with Gasteiger partial charge >= 0.3 is 5.97 Å². The van der Waals surface area contributed by atoms with Crippen molar-refractivity contribution in [3.63, 3.8) is 0 Å². The summed E-state index contributed by atoms with van der Waals surface area (Å²) in [6.07, 6.45) is 2.75. The zero-order valence-corrected chi connectivity index (χ0v) is 20.7. The van der Waals surface area contributed by atoms with Crippen molar-refractivity contribution >= 4 is 17.6 Å². The molecule has 37 heavy (non-hydrogen) atoms. The Bertz CT molecular complexity index is 1380. The van der Waals surface area contributed by atoms with Crippen LogP contribution in [0.15, 0.2) is 85.2 Å². The molecule has 1 atom stereocenters. The summed E-state index contributed by atoms with van der Waals surface area (Å²) < 4.78 is 2.02. The highest BCUT2D eigenvalue weighted by atomic mass is 16.4. The van der Waals surface area contributed by atoms with Crippen LogP contribution < -0.4 is 5.73 Å². The Morgan fingerprint density at radius 3 is 2.27 bits per heavy atom. The molecular formula is C30H30N4O3. The summed E-state index contributed by atoms with van der Waals surface area (Å²) in [5.41, 5.74) is 12.2. The van der Waals surface area contributed by atoms with Crippen LogP contribution in [-0.2, 0) is 35.5 Å². The number of carbonyl (C=O) groups is 2. The number of hydrogen-bond donors (Lipinski definition) is 2. The van der Waals surface area contributed by atoms with Gasteiger partial charge in [-0.2, -0.15) is 0 Å². The summed E-state index contributed by atoms with van der Waals surface area (Å²) in [4.78, 5) is 32.5. The van der Waals surface area contributed by atoms with Crippen LogP contribution in [0.5, 0.6) is 0 Å². The SMILES string of the molecule is Cc1cc(CCn2cnc3c2C[C@@H](C(=O)O)N(C(=O)C(c2ccccc2)c2ccccc2)C3)ccc1N. The van der Waals surface area contributed by atoms with E-state index in [0.29, 0.717) is 6.54 Å². The normalized spacial score (nSPS) is 15.0. The summed E-state index contributed by atoms with van der Waals surface area (Å²) in [7, 11) is 0. The highest BCUT2D eigenvalue weighted by molar-refractivity contribution is 5.91. The fraction of sp³-hybridized carbons (Fsp3) is 0.233. The third-order valence-corrected chi connectivity index (χ3v) is 7.17. The summed E-state index contributed by atoms with van der Waals surface area (Å²) in [5.74, 6) is -1.84. The van der Waals surface area contributed by atoms with Crippen LogP contribution in [0.1, 0.15) is 39.6 Å². The van der Waals surface area contributed by atoms with E-state index in [9.17, 15) is 14.7 Å². The third-order valence-electron chi connectivity index (χ3n) is 7.17. The van der Waals surface area contributed by atoms with Gasteiger partial charge in [0, 0.05) is 24.3 Å². The molecule has 0 saturated heterocycles. The molecule has 0 aliphatic carbocycles. The molecule has 2 heterocycles. The van der Waals surface area contributed by atoms with Crippen molar-refractivity contribution in [2.45, 2.75) is 44.8 Å². The van der Waals surface area contributed by atoms with Gasteiger partial charge in [0.25, 0.3) is 0 Å². The molecule has 0 fully saturated rings. The first-order valence-corrected chi connectivity index (χ1v) is 12.4. The fourth-order valence-electron chi connectivity index (χ4n) is 5.10. The number of aromatic nitrogens is 2. The Morgan fingerprint density at radius 1 is 1.03 bits per heavy atom. The van der Waals surface area contributed by atoms with Gasteiger partial charge in [0.1, 0.15) is 6.04 Å². The molecule has 1 aliphatic rings. The first-order chi connectivity index (χ1) is 17.9. The van der Waals surface area contributed by atoms with E-state index in [1.165, 1.54) is 4.90 Å². The van der Waals surface area contributed by atoms with Gasteiger partial charge in [-0.25, -0.2) is 9.78 Å². The summed E-state index contributed by atoms with van der Waals surface area (Å²) >= 11 is 0. The number of fused-ring (bicyclic) bond motifs is 1. The largest absolute Gasteiger partial charge is 0.480 e. The van der Waals surface area contributed by atoms with Gasteiger partial charge < -0.3 is 20.3 Å². The number of carbonyl (C=O) groups excluding carboxylic acids is 1. The van der Waals surface area contributed by atoms with E-state index in [1.54, 1.807) is 6.33 Å². The maximum atomic E-state index is 14.0. The molecule has 7 nitrogen and oxygen atoms in total. The van der Waals surface area contributed by atoms with Crippen molar-refractivity contribution in [1.82, 2.24) is 14.5 Å². The predicted octanol–water partition coefficient (Wildman–Crippen LogP) is 4.19. The maximum Gasteiger partial charge on any atom is 0.326 e. The Balaban J connectivity index is 1.42. The molecule has 3 N–H and O–H groups in total. The molecule has 0 unspecified atom stereocenters. The van der Waals surface area contributed by atoms with Crippen LogP contribution in [0.25, 0.3) is 0 Å². The molecule has 0 spiro atoms. The van der Waals surface area contributed by atoms with Crippen LogP contribution in [-0.4, -0.2) is 37.5 Å². The minimum Gasteiger partial charge on any atom is -0.480 e. The monoisotopic (exact) mass is 494 g/mol. The van der Waals surface area contributed by atoms with Gasteiger partial charge in [0.15, 0.2) is 0 Å². The molecule has 1 aromatic heterocycles. The van der Waals surface area contributed by atoms with Gasteiger partial charge in [-0.15, -0.1) is 0 Å². The van der Waals surface area contributed by atoms with Crippen molar-refractivity contribution in [1.29, 1.82) is 0 Å². The molecule has 4 aromatic rings. The number of hydrogen-bond acceptors (Lipinski definition) is 4. The zero-order valence-electron chi connectivity index (χ0n) is 20.7. The number of carboxylic acids is 1. The van der Waals surface area contributed by atoms with E-state index in [0.717, 1.165) is 45.7 Å². The minimum absolute atomic E-state index is 0.162. The van der Waals surface area contributed by atoms with E-state index >= 15 is 0 Å². The lowest BCUT2D eigenvalue weighted by molar-refractivity contribution is -0.151. The van der Waals surface area contributed by atoms with E-state index in [1.807, 2.05) is 84.3 Å². The Morgan fingerprint density at radius 2 is 1.68 bits per heavy atom. The van der Waals surface area contributed by atoms with Gasteiger partial charge in [-0.05, 0) is 41.7 Å². The second-order valence-corrected chi connectivity index (χ2v) is 9.55. The molecule has 188 valence electrons. The Kier molecular flexibility index (Phi) is 6.77. The summed E-state index contributed by atoms with van der Waals surface area (Å²) in [6, 6.07) is 24.1. The molecule has 0 saturated carbocycles. The molecule has 1 aliphatic heterocycles. The van der Waals surface area contributed by atoms with Gasteiger partial charge in [-0.3, -0.25) is 4.79 Å². The van der Waals surface area contributed by atoms with E-state index in [-0.39, 0.29) is 18.9 Å². The fourth-order valence-corrected chi connectivity index (χ4v) is 5.10. The number of anilines is 1. The topological polar surface area (TPSA) is 101 Å². The molecule has 0 bridgehead atoms. The predicted molar refractivity (Wildman–Crippen MR) is 142 cm³/mol. The van der Waals surface area contributed by atoms with Gasteiger partial charge in [-0.1, -0.05) is 72.8 Å². The number of rotatable bonds is 7. The Hall–Kier alpha value is -4.39. The molecule has 0 radical (unpaired) electrons. The molecule has 1 amide bonds. The second kappa shape index (κ2) is 10.3. The number of nitrogens with two attached hydrogens (primary N) is 1. The third kappa shape index (κ3) is 4.98. The minimum atomic E-state index is -1.01. The highest BCUT2D eigenvalue weighted by Crippen LogP contribution is 2.31. The van der Waals surface area contributed by atoms with Crippen molar-refractivity contribution < 1.29 is 14.7 Å². The van der Waals surface area contributed by atoms with E-state index in [4.69, 9.17) is 5.73 Å². The average Bonchev–Trinajstić information content (AvgIpc) is 3.32. The maximum absolute atomic E-state index is 14.0. The summed E-state index contributed by atoms with van der Waals surface area (Å²) in [5, 5.41) is 10.2. The average molecular weight is 495 g/mol. The molecule has 7 heteroatoms. The first-order valence-electron chi connectivity index (χ1n) is 12.4. The second-order valence-electron chi connectivity index (χ2n) is 9.55. The van der Waals surface area contributed by atoms with Gasteiger partial charge in [0.2, 0.25) is 5.91 Å². The molecule has 5 rings (SSSR count). The van der Waals surface area contributed by atoms with Crippen LogP contribution >= 0.6 is 0 Å². The smallest absolute Gasteiger partial charge is 0.326 e. The number of aliphatic carboxylic acids is 1. The van der Waals surface area contributed by atoms with E-state index < -0.39 is 17.9 Å². The zero-order chi connectivity index (χ0) is 25.9. The quantitative estimate of drug-likeness (QED) is 0.375. The number of carboxylic acid groups (broad SMARTS) is 1. The van der Waals surface area contributed by atoms with Crippen molar-refractivity contribution in [3.05, 3.63) is 119 Å². The lowest BCUT2D eigenvalue weighted by atomic mass is 9.88. The number of benzene rings is 3. The lowest BCUT2D eigenvalue weighted by Crippen LogP contribution is -2.50. The number of imidazole rings is 1. The molecule has 3 aromatic carbocycles. The van der Waals surface area contributed by atoms with Crippen molar-refractivity contribution in [2.24, 2.45) is 0 Å². The lowest BCUT2D eigenvalue weighted by Gasteiger charge is -2.35. The first kappa shape index (κ1) is 24.3. The van der Waals surface area contributed by atoms with Crippen molar-refractivity contribution in [2.75, 3.05) is 5.73 Å². The summed E-state index contributed by atoms with van der Waals surface area (Å²) in [6.45, 7) is 2.82. The Labute approximate surface area is 216 Å². The standard InChI is InChI=1S/C30H30N4O3/c1-20-16-21(12-13-24(20)31)14-15-33-19-32-25-18-34(27(30(36)37)17-26(25)33)29(35)28(22-8-4-2-5-9-22)23-10-6-3-7-11-23/h2-13,16,19,27-28H,14-15,17-18,31H2,1H3,(H,36,37)/t27-/m0/s1. The van der Waals surface area contributed by atoms with Gasteiger partial charge in [0.05, 0.1) is 24.5 Å². The number of amides is 1. The number of aryl methyl sites for hydroxylation is 3. The number of nitrogens with zero attached hydrogens (tertiary/aromatic N) is 3. The number of nitrogen functional groups attached to an aromatic ring is 1. The van der Waals surface area contributed by atoms with Crippen molar-refractivity contribution in [3.8, 4) is 0 Å².